The van der Waals surface area contributed by atoms with Crippen molar-refractivity contribution in [3.63, 3.8) is 0 Å². The summed E-state index contributed by atoms with van der Waals surface area (Å²) in [6.07, 6.45) is 2.68. The summed E-state index contributed by atoms with van der Waals surface area (Å²) in [6.45, 7) is 1.13. The van der Waals surface area contributed by atoms with Crippen molar-refractivity contribution < 1.29 is 14.0 Å². The first-order valence-electron chi connectivity index (χ1n) is 6.85. The van der Waals surface area contributed by atoms with E-state index in [4.69, 9.17) is 5.26 Å². The molecule has 1 saturated heterocycles. The standard InChI is InChI=1S/C16H15FN2O2S/c17-13-4-1-12(2-5-13)3-6-15(20)14(11-18)16(21)19-7-9-22-10-8-19/h1-6,14H,7-10H2/b6-3-/t14-/m1/s1. The number of amides is 1. The third-order valence-corrected chi connectivity index (χ3v) is 4.24. The minimum absolute atomic E-state index is 0.364. The smallest absolute Gasteiger partial charge is 0.247 e. The number of thioether (sulfide) groups is 1. The Labute approximate surface area is 132 Å². The van der Waals surface area contributed by atoms with E-state index in [1.54, 1.807) is 22.7 Å². The largest absolute Gasteiger partial charge is 0.339 e. The van der Waals surface area contributed by atoms with Gasteiger partial charge in [0.1, 0.15) is 5.82 Å². The predicted molar refractivity (Wildman–Crippen MR) is 83.4 cm³/mol. The number of rotatable bonds is 4. The van der Waals surface area contributed by atoms with Gasteiger partial charge in [-0.25, -0.2) is 4.39 Å². The number of benzene rings is 1. The van der Waals surface area contributed by atoms with Crippen LogP contribution in [0.3, 0.4) is 0 Å². The number of nitriles is 1. The third kappa shape index (κ3) is 4.18. The molecule has 6 heteroatoms. The average molecular weight is 318 g/mol. The second-order valence-electron chi connectivity index (χ2n) is 4.79. The molecule has 1 aromatic rings. The second kappa shape index (κ2) is 7.76. The summed E-state index contributed by atoms with van der Waals surface area (Å²) in [4.78, 5) is 25.8. The van der Waals surface area contributed by atoms with E-state index in [0.29, 0.717) is 18.7 Å². The van der Waals surface area contributed by atoms with E-state index in [2.05, 4.69) is 0 Å². The molecular formula is C16H15FN2O2S. The highest BCUT2D eigenvalue weighted by molar-refractivity contribution is 7.99. The van der Waals surface area contributed by atoms with Crippen LogP contribution >= 0.6 is 11.8 Å². The van der Waals surface area contributed by atoms with Crippen molar-refractivity contribution in [1.82, 2.24) is 4.90 Å². The molecule has 0 unspecified atom stereocenters. The Morgan fingerprint density at radius 2 is 1.91 bits per heavy atom. The fraction of sp³-hybridized carbons (Fsp3) is 0.312. The molecule has 4 nitrogen and oxygen atoms in total. The zero-order valence-corrected chi connectivity index (χ0v) is 12.7. The van der Waals surface area contributed by atoms with Crippen LogP contribution in [0.2, 0.25) is 0 Å². The molecule has 1 heterocycles. The number of hydrogen-bond donors (Lipinski definition) is 0. The molecule has 0 aliphatic carbocycles. The van der Waals surface area contributed by atoms with Crippen molar-refractivity contribution in [2.45, 2.75) is 0 Å². The number of nitrogens with zero attached hydrogens (tertiary/aromatic N) is 2. The van der Waals surface area contributed by atoms with E-state index in [1.807, 2.05) is 0 Å². The van der Waals surface area contributed by atoms with Crippen LogP contribution < -0.4 is 0 Å². The quantitative estimate of drug-likeness (QED) is 0.630. The summed E-state index contributed by atoms with van der Waals surface area (Å²) in [5, 5.41) is 9.12. The van der Waals surface area contributed by atoms with Gasteiger partial charge in [0.2, 0.25) is 5.91 Å². The first-order valence-corrected chi connectivity index (χ1v) is 8.01. The third-order valence-electron chi connectivity index (χ3n) is 3.29. The molecule has 1 aliphatic rings. The van der Waals surface area contributed by atoms with E-state index in [1.165, 1.54) is 36.4 Å². The van der Waals surface area contributed by atoms with Crippen molar-refractivity contribution in [3.05, 3.63) is 41.7 Å². The molecule has 0 spiro atoms. The molecule has 114 valence electrons. The molecule has 1 aromatic carbocycles. The maximum atomic E-state index is 12.8. The van der Waals surface area contributed by atoms with Gasteiger partial charge in [0.25, 0.3) is 0 Å². The molecule has 0 aromatic heterocycles. The minimum atomic E-state index is -1.31. The van der Waals surface area contributed by atoms with Gasteiger partial charge in [-0.15, -0.1) is 0 Å². The molecule has 1 fully saturated rings. The SMILES string of the molecule is N#C[C@H](C(=O)/C=C\c1ccc(F)cc1)C(=O)N1CCSCC1. The lowest BCUT2D eigenvalue weighted by Gasteiger charge is -2.27. The van der Waals surface area contributed by atoms with E-state index in [0.717, 1.165) is 11.5 Å². The van der Waals surface area contributed by atoms with Crippen molar-refractivity contribution in [2.24, 2.45) is 5.92 Å². The maximum absolute atomic E-state index is 12.8. The molecule has 0 saturated carbocycles. The number of carbonyl (C=O) groups is 2. The Hall–Kier alpha value is -2.13. The molecule has 22 heavy (non-hydrogen) atoms. The number of carbonyl (C=O) groups excluding carboxylic acids is 2. The van der Waals surface area contributed by atoms with Crippen molar-refractivity contribution >= 4 is 29.5 Å². The van der Waals surface area contributed by atoms with Crippen LogP contribution in [0.4, 0.5) is 4.39 Å². The van der Waals surface area contributed by atoms with Gasteiger partial charge >= 0.3 is 0 Å². The van der Waals surface area contributed by atoms with Crippen LogP contribution in [0.1, 0.15) is 5.56 Å². The first-order chi connectivity index (χ1) is 10.6. The van der Waals surface area contributed by atoms with E-state index < -0.39 is 17.6 Å². The van der Waals surface area contributed by atoms with E-state index >= 15 is 0 Å². The summed E-state index contributed by atoms with van der Waals surface area (Å²) >= 11 is 1.75. The lowest BCUT2D eigenvalue weighted by atomic mass is 10.0. The monoisotopic (exact) mass is 318 g/mol. The zero-order chi connectivity index (χ0) is 15.9. The average Bonchev–Trinajstić information content (AvgIpc) is 2.55. The normalized spacial score (nSPS) is 16.3. The summed E-state index contributed by atoms with van der Waals surface area (Å²) in [5.41, 5.74) is 0.633. The lowest BCUT2D eigenvalue weighted by Crippen LogP contribution is -2.43. The fourth-order valence-electron chi connectivity index (χ4n) is 2.06. The Kier molecular flexibility index (Phi) is 5.73. The summed E-state index contributed by atoms with van der Waals surface area (Å²) < 4.78 is 12.8. The molecule has 0 radical (unpaired) electrons. The Morgan fingerprint density at radius 1 is 1.27 bits per heavy atom. The van der Waals surface area contributed by atoms with Gasteiger partial charge in [-0.05, 0) is 23.8 Å². The zero-order valence-electron chi connectivity index (χ0n) is 11.9. The minimum Gasteiger partial charge on any atom is -0.339 e. The highest BCUT2D eigenvalue weighted by atomic mass is 32.2. The van der Waals surface area contributed by atoms with E-state index in [9.17, 15) is 14.0 Å². The van der Waals surface area contributed by atoms with Crippen molar-refractivity contribution in [2.75, 3.05) is 24.6 Å². The topological polar surface area (TPSA) is 61.2 Å². The van der Waals surface area contributed by atoms with Crippen LogP contribution in [0.5, 0.6) is 0 Å². The maximum Gasteiger partial charge on any atom is 0.247 e. The highest BCUT2D eigenvalue weighted by Crippen LogP contribution is 2.14. The van der Waals surface area contributed by atoms with Crippen molar-refractivity contribution in [1.29, 1.82) is 5.26 Å². The van der Waals surface area contributed by atoms with Crippen LogP contribution in [0.25, 0.3) is 6.08 Å². The van der Waals surface area contributed by atoms with E-state index in [-0.39, 0.29) is 5.82 Å². The van der Waals surface area contributed by atoms with Crippen LogP contribution in [0, 0.1) is 23.1 Å². The van der Waals surface area contributed by atoms with Gasteiger partial charge in [-0.2, -0.15) is 17.0 Å². The molecule has 0 bridgehead atoms. The second-order valence-corrected chi connectivity index (χ2v) is 6.01. The summed E-state index contributed by atoms with van der Waals surface area (Å²) in [5.74, 6) is -1.00. The number of hydrogen-bond acceptors (Lipinski definition) is 4. The Morgan fingerprint density at radius 3 is 2.50 bits per heavy atom. The van der Waals surface area contributed by atoms with Crippen LogP contribution in [0.15, 0.2) is 30.3 Å². The molecule has 2 rings (SSSR count). The summed E-state index contributed by atoms with van der Waals surface area (Å²) in [6, 6.07) is 7.38. The van der Waals surface area contributed by atoms with Gasteiger partial charge < -0.3 is 4.90 Å². The van der Waals surface area contributed by atoms with Gasteiger partial charge in [0.15, 0.2) is 11.7 Å². The first kappa shape index (κ1) is 16.2. The molecule has 0 N–H and O–H groups in total. The number of allylic oxidation sites excluding steroid dienone is 1. The fourth-order valence-corrected chi connectivity index (χ4v) is 2.96. The molecule has 1 atom stereocenters. The highest BCUT2D eigenvalue weighted by Gasteiger charge is 2.29. The van der Waals surface area contributed by atoms with Gasteiger partial charge in [0.05, 0.1) is 6.07 Å². The summed E-state index contributed by atoms with van der Waals surface area (Å²) in [7, 11) is 0. The lowest BCUT2D eigenvalue weighted by molar-refractivity contribution is -0.137. The molecule has 1 aliphatic heterocycles. The molecule has 1 amide bonds. The molecular weight excluding hydrogens is 303 g/mol. The number of ketones is 1. The van der Waals surface area contributed by atoms with Gasteiger partial charge in [-0.3, -0.25) is 9.59 Å². The van der Waals surface area contributed by atoms with Crippen molar-refractivity contribution in [3.8, 4) is 6.07 Å². The van der Waals surface area contributed by atoms with Crippen LogP contribution in [-0.4, -0.2) is 41.2 Å². The number of halogens is 1. The van der Waals surface area contributed by atoms with Crippen LogP contribution in [-0.2, 0) is 9.59 Å². The predicted octanol–water partition coefficient (Wildman–Crippen LogP) is 2.12. The Balaban J connectivity index is 2.03. The van der Waals surface area contributed by atoms with Gasteiger partial charge in [0, 0.05) is 24.6 Å². The van der Waals surface area contributed by atoms with Gasteiger partial charge in [-0.1, -0.05) is 18.2 Å². The Bertz CT molecular complexity index is 616.